The summed E-state index contributed by atoms with van der Waals surface area (Å²) in [6.45, 7) is 4.70. The third kappa shape index (κ3) is 6.00. The Bertz CT molecular complexity index is 2430. The van der Waals surface area contributed by atoms with Gasteiger partial charge in [-0.25, -0.2) is 0 Å². The quantitative estimate of drug-likeness (QED) is 0.149. The SMILES string of the molecule is CC1(C)c2ccccc2-c2ccc(N(c3ccc(N(c4ccccc4)c4ccccc4)cc3)c3cccc(N(c4ccccc4)c4ccccc4)c3)cc21. The molecule has 0 aliphatic heterocycles. The largest absolute Gasteiger partial charge is 0.311 e. The first kappa shape index (κ1) is 33.0. The van der Waals surface area contributed by atoms with Gasteiger partial charge in [-0.15, -0.1) is 0 Å². The highest BCUT2D eigenvalue weighted by Crippen LogP contribution is 2.51. The highest BCUT2D eigenvalue weighted by Gasteiger charge is 2.35. The Balaban J connectivity index is 1.19. The van der Waals surface area contributed by atoms with Crippen LogP contribution in [0.1, 0.15) is 25.0 Å². The maximum absolute atomic E-state index is 2.41. The van der Waals surface area contributed by atoms with E-state index in [9.17, 15) is 0 Å². The smallest absolute Gasteiger partial charge is 0.0482 e. The van der Waals surface area contributed by atoms with Crippen LogP contribution in [0.3, 0.4) is 0 Å². The van der Waals surface area contributed by atoms with Crippen molar-refractivity contribution in [1.29, 1.82) is 0 Å². The average Bonchev–Trinajstić information content (AvgIpc) is 3.46. The van der Waals surface area contributed by atoms with Gasteiger partial charge in [-0.2, -0.15) is 0 Å². The maximum atomic E-state index is 2.41. The number of rotatable bonds is 9. The van der Waals surface area contributed by atoms with E-state index in [-0.39, 0.29) is 5.41 Å². The summed E-state index contributed by atoms with van der Waals surface area (Å²) >= 11 is 0. The molecule has 0 spiro atoms. The van der Waals surface area contributed by atoms with Crippen molar-refractivity contribution in [2.75, 3.05) is 14.7 Å². The molecule has 1 aliphatic carbocycles. The van der Waals surface area contributed by atoms with Crippen LogP contribution in [-0.4, -0.2) is 0 Å². The van der Waals surface area contributed by atoms with E-state index in [0.717, 1.165) is 51.2 Å². The number of hydrogen-bond donors (Lipinski definition) is 0. The molecular weight excluding hydrogens is 655 g/mol. The number of benzene rings is 8. The van der Waals surface area contributed by atoms with Crippen molar-refractivity contribution in [2.24, 2.45) is 0 Å². The zero-order valence-electron chi connectivity index (χ0n) is 30.5. The molecule has 0 aromatic heterocycles. The minimum Gasteiger partial charge on any atom is -0.311 e. The summed E-state index contributed by atoms with van der Waals surface area (Å²) in [4.78, 5) is 7.03. The Hall–Kier alpha value is -6.84. The van der Waals surface area contributed by atoms with Crippen LogP contribution in [0.2, 0.25) is 0 Å². The van der Waals surface area contributed by atoms with Crippen LogP contribution in [0.4, 0.5) is 51.2 Å². The fourth-order valence-corrected chi connectivity index (χ4v) is 8.00. The topological polar surface area (TPSA) is 9.72 Å². The number of fused-ring (bicyclic) bond motifs is 3. The first-order valence-electron chi connectivity index (χ1n) is 18.6. The van der Waals surface area contributed by atoms with Gasteiger partial charge in [-0.3, -0.25) is 0 Å². The van der Waals surface area contributed by atoms with Crippen molar-refractivity contribution < 1.29 is 0 Å². The minimum atomic E-state index is -0.122. The molecule has 54 heavy (non-hydrogen) atoms. The predicted molar refractivity (Wildman–Crippen MR) is 228 cm³/mol. The Morgan fingerprint density at radius 1 is 0.259 bits per heavy atom. The molecule has 0 N–H and O–H groups in total. The molecule has 8 aromatic carbocycles. The Kier molecular flexibility index (Phi) is 8.53. The van der Waals surface area contributed by atoms with E-state index in [1.807, 2.05) is 0 Å². The van der Waals surface area contributed by atoms with Gasteiger partial charge in [-0.05, 0) is 125 Å². The Labute approximate surface area is 318 Å². The van der Waals surface area contributed by atoms with E-state index in [2.05, 4.69) is 241 Å². The van der Waals surface area contributed by atoms with Crippen LogP contribution in [-0.2, 0) is 5.41 Å². The molecule has 8 aromatic rings. The highest BCUT2D eigenvalue weighted by atomic mass is 15.2. The molecule has 0 unspecified atom stereocenters. The predicted octanol–water partition coefficient (Wildman–Crippen LogP) is 14.4. The zero-order chi connectivity index (χ0) is 36.5. The van der Waals surface area contributed by atoms with Crippen molar-refractivity contribution in [2.45, 2.75) is 19.3 Å². The van der Waals surface area contributed by atoms with E-state index in [1.54, 1.807) is 0 Å². The van der Waals surface area contributed by atoms with Gasteiger partial charge in [0.2, 0.25) is 0 Å². The van der Waals surface area contributed by atoms with E-state index in [4.69, 9.17) is 0 Å². The zero-order valence-corrected chi connectivity index (χ0v) is 30.5. The van der Waals surface area contributed by atoms with Crippen molar-refractivity contribution in [3.8, 4) is 11.1 Å². The van der Waals surface area contributed by atoms with Gasteiger partial charge in [-0.1, -0.05) is 123 Å². The maximum Gasteiger partial charge on any atom is 0.0482 e. The lowest BCUT2D eigenvalue weighted by molar-refractivity contribution is 0.660. The lowest BCUT2D eigenvalue weighted by Gasteiger charge is -2.31. The summed E-state index contributed by atoms with van der Waals surface area (Å²) in [7, 11) is 0. The van der Waals surface area contributed by atoms with Gasteiger partial charge >= 0.3 is 0 Å². The second-order valence-corrected chi connectivity index (χ2v) is 14.3. The van der Waals surface area contributed by atoms with Gasteiger partial charge in [0.05, 0.1) is 0 Å². The number of hydrogen-bond acceptors (Lipinski definition) is 3. The molecule has 0 bridgehead atoms. The third-order valence-corrected chi connectivity index (χ3v) is 10.6. The van der Waals surface area contributed by atoms with Crippen molar-refractivity contribution in [1.82, 2.24) is 0 Å². The van der Waals surface area contributed by atoms with E-state index in [1.165, 1.54) is 22.3 Å². The first-order valence-corrected chi connectivity index (χ1v) is 18.6. The summed E-state index contributed by atoms with van der Waals surface area (Å²) in [6.07, 6.45) is 0. The van der Waals surface area contributed by atoms with Crippen molar-refractivity contribution in [3.63, 3.8) is 0 Å². The molecule has 0 heterocycles. The third-order valence-electron chi connectivity index (χ3n) is 10.6. The number of anilines is 9. The minimum absolute atomic E-state index is 0.122. The molecule has 0 fully saturated rings. The monoisotopic (exact) mass is 695 g/mol. The fourth-order valence-electron chi connectivity index (χ4n) is 8.00. The summed E-state index contributed by atoms with van der Waals surface area (Å²) in [5, 5.41) is 0. The van der Waals surface area contributed by atoms with Crippen LogP contribution in [0.5, 0.6) is 0 Å². The van der Waals surface area contributed by atoms with Crippen LogP contribution in [0, 0.1) is 0 Å². The molecule has 0 atom stereocenters. The highest BCUT2D eigenvalue weighted by molar-refractivity contribution is 5.88. The first-order chi connectivity index (χ1) is 26.6. The van der Waals surface area contributed by atoms with E-state index >= 15 is 0 Å². The molecule has 0 radical (unpaired) electrons. The van der Waals surface area contributed by atoms with Crippen LogP contribution >= 0.6 is 0 Å². The Morgan fingerprint density at radius 2 is 0.574 bits per heavy atom. The standard InChI is InChI=1S/C51H41N3/c1-51(2)49-29-16-15-28-47(49)48-35-34-46(37-50(48)51)54(43-32-30-42(31-33-43)52(38-18-7-3-8-19-38)39-20-9-4-10-21-39)45-27-17-26-44(36-45)53(40-22-11-5-12-23-40)41-24-13-6-14-25-41/h3-37H,1-2H3. The summed E-state index contributed by atoms with van der Waals surface area (Å²) in [6, 6.07) is 76.1. The number of para-hydroxylation sites is 4. The van der Waals surface area contributed by atoms with Gasteiger partial charge in [0.15, 0.2) is 0 Å². The summed E-state index contributed by atoms with van der Waals surface area (Å²) < 4.78 is 0. The molecule has 3 nitrogen and oxygen atoms in total. The normalized spacial score (nSPS) is 12.4. The van der Waals surface area contributed by atoms with Gasteiger partial charge in [0.25, 0.3) is 0 Å². The lowest BCUT2D eigenvalue weighted by atomic mass is 9.82. The molecule has 1 aliphatic rings. The molecular formula is C51H41N3. The molecule has 0 saturated heterocycles. The summed E-state index contributed by atoms with van der Waals surface area (Å²) in [5.74, 6) is 0. The second kappa shape index (κ2) is 13.9. The average molecular weight is 696 g/mol. The van der Waals surface area contributed by atoms with Gasteiger partial charge < -0.3 is 14.7 Å². The molecule has 0 saturated carbocycles. The second-order valence-electron chi connectivity index (χ2n) is 14.3. The van der Waals surface area contributed by atoms with Crippen LogP contribution in [0.15, 0.2) is 212 Å². The van der Waals surface area contributed by atoms with E-state index < -0.39 is 0 Å². The fraction of sp³-hybridized carbons (Fsp3) is 0.0588. The number of nitrogens with zero attached hydrogens (tertiary/aromatic N) is 3. The summed E-state index contributed by atoms with van der Waals surface area (Å²) in [5.41, 5.74) is 15.1. The van der Waals surface area contributed by atoms with Gasteiger partial charge in [0, 0.05) is 56.6 Å². The molecule has 260 valence electrons. The van der Waals surface area contributed by atoms with Crippen molar-refractivity contribution in [3.05, 3.63) is 223 Å². The molecule has 3 heteroatoms. The van der Waals surface area contributed by atoms with Gasteiger partial charge in [0.1, 0.15) is 0 Å². The van der Waals surface area contributed by atoms with Crippen LogP contribution < -0.4 is 14.7 Å². The van der Waals surface area contributed by atoms with Crippen molar-refractivity contribution >= 4 is 51.2 Å². The molecule has 9 rings (SSSR count). The van der Waals surface area contributed by atoms with E-state index in [0.29, 0.717) is 0 Å². The van der Waals surface area contributed by atoms with Crippen LogP contribution in [0.25, 0.3) is 11.1 Å². The Morgan fingerprint density at radius 3 is 1.06 bits per heavy atom. The lowest BCUT2D eigenvalue weighted by Crippen LogP contribution is -2.17. The molecule has 0 amide bonds.